The molecule has 0 bridgehead atoms. The lowest BCUT2D eigenvalue weighted by molar-refractivity contribution is -0.671. The number of allylic oxidation sites excluding steroid dienone is 2. The summed E-state index contributed by atoms with van der Waals surface area (Å²) in [5.41, 5.74) is 3.50. The first-order chi connectivity index (χ1) is 14.6. The number of pyridine rings is 1. The van der Waals surface area contributed by atoms with E-state index in [2.05, 4.69) is 109 Å². The Morgan fingerprint density at radius 2 is 1.90 bits per heavy atom. The maximum Gasteiger partial charge on any atom is 0.214 e. The molecule has 0 spiro atoms. The van der Waals surface area contributed by atoms with Gasteiger partial charge in [-0.15, -0.1) is 6.61 Å². The number of fused-ring (bicyclic) bond motifs is 2. The molecule has 0 aliphatic carbocycles. The minimum absolute atomic E-state index is 0.136. The molecule has 3 nitrogen and oxygen atoms in total. The molecular weight excluding hydrogens is 524 g/mol. The molecule has 0 fully saturated rings. The number of halogens is 2. The molecule has 4 rings (SSSR count). The van der Waals surface area contributed by atoms with Gasteiger partial charge in [0.05, 0.1) is 16.1 Å². The van der Waals surface area contributed by atoms with E-state index in [0.717, 1.165) is 32.6 Å². The molecule has 0 saturated heterocycles. The Balaban J connectivity index is 1.66. The van der Waals surface area contributed by atoms with Crippen molar-refractivity contribution in [3.05, 3.63) is 80.4 Å². The van der Waals surface area contributed by atoms with Crippen LogP contribution in [0.2, 0.25) is 0 Å². The molecule has 6 heteroatoms. The summed E-state index contributed by atoms with van der Waals surface area (Å²) in [6.45, 7) is 3.52. The first kappa shape index (κ1) is 21.6. The van der Waals surface area contributed by atoms with Gasteiger partial charge >= 0.3 is 0 Å². The van der Waals surface area contributed by atoms with Crippen LogP contribution in [0.25, 0.3) is 17.0 Å². The second kappa shape index (κ2) is 9.69. The van der Waals surface area contributed by atoms with Crippen LogP contribution in [0.4, 0.5) is 5.69 Å². The summed E-state index contributed by atoms with van der Waals surface area (Å²) in [7, 11) is 0. The normalized spacial score (nSPS) is 14.9. The van der Waals surface area contributed by atoms with E-state index in [-0.39, 0.29) is 6.61 Å². The van der Waals surface area contributed by atoms with Gasteiger partial charge in [-0.05, 0) is 42.0 Å². The molecule has 0 amide bonds. The Morgan fingerprint density at radius 1 is 1.10 bits per heavy atom. The van der Waals surface area contributed by atoms with Crippen LogP contribution in [-0.2, 0) is 6.54 Å². The zero-order valence-corrected chi connectivity index (χ0v) is 20.6. The van der Waals surface area contributed by atoms with E-state index < -0.39 is 0 Å². The molecular formula is C24H22Br2N2OS. The average Bonchev–Trinajstić information content (AvgIpc) is 3.06. The van der Waals surface area contributed by atoms with Gasteiger partial charge < -0.3 is 10.0 Å². The smallest absolute Gasteiger partial charge is 0.214 e. The summed E-state index contributed by atoms with van der Waals surface area (Å²) in [6, 6.07) is 14.8. The van der Waals surface area contributed by atoms with Gasteiger partial charge in [-0.2, -0.15) is 4.57 Å². The summed E-state index contributed by atoms with van der Waals surface area (Å²) < 4.78 is 4.41. The molecule has 1 aromatic heterocycles. The SMILES string of the molecule is CCC[n+]1ccc(C=CC=C2Sc3ccc(Br)cc3N2CC[O-])c2ccc(Br)cc21. The quantitative estimate of drug-likeness (QED) is 0.362. The topological polar surface area (TPSA) is 30.2 Å². The third kappa shape index (κ3) is 4.52. The molecule has 0 saturated carbocycles. The standard InChI is InChI=1S/C24H22Br2N2OS/c1-2-11-27-12-10-17(20-8-6-18(25)15-21(20)27)4-3-5-24-28(13-14-29)22-16-19(26)7-9-23(22)30-24/h3-10,12,15-16H,2,11,13-14H2,1H3. The molecule has 1 aliphatic heterocycles. The molecule has 30 heavy (non-hydrogen) atoms. The van der Waals surface area contributed by atoms with Crippen molar-refractivity contribution >= 4 is 66.3 Å². The minimum Gasteiger partial charge on any atom is -0.853 e. The summed E-state index contributed by atoms with van der Waals surface area (Å²) in [6.07, 6.45) is 9.59. The van der Waals surface area contributed by atoms with Crippen LogP contribution in [-0.4, -0.2) is 13.2 Å². The summed E-state index contributed by atoms with van der Waals surface area (Å²) in [5, 5.41) is 13.7. The Labute approximate surface area is 198 Å². The maximum atomic E-state index is 11.4. The van der Waals surface area contributed by atoms with Crippen molar-refractivity contribution < 1.29 is 9.67 Å². The van der Waals surface area contributed by atoms with Gasteiger partial charge in [-0.25, -0.2) is 0 Å². The molecule has 0 radical (unpaired) electrons. The predicted molar refractivity (Wildman–Crippen MR) is 131 cm³/mol. The van der Waals surface area contributed by atoms with Gasteiger partial charge in [-0.1, -0.05) is 62.7 Å². The van der Waals surface area contributed by atoms with Gasteiger partial charge in [0, 0.05) is 38.9 Å². The van der Waals surface area contributed by atoms with E-state index in [1.165, 1.54) is 21.4 Å². The van der Waals surface area contributed by atoms with Crippen molar-refractivity contribution in [2.45, 2.75) is 24.8 Å². The van der Waals surface area contributed by atoms with Crippen molar-refractivity contribution in [1.29, 1.82) is 0 Å². The van der Waals surface area contributed by atoms with E-state index in [9.17, 15) is 5.11 Å². The van der Waals surface area contributed by atoms with E-state index in [4.69, 9.17) is 0 Å². The average molecular weight is 546 g/mol. The molecule has 0 unspecified atom stereocenters. The molecule has 0 atom stereocenters. The number of thioether (sulfide) groups is 1. The first-order valence-corrected chi connectivity index (χ1v) is 12.3. The highest BCUT2D eigenvalue weighted by Crippen LogP contribution is 2.46. The molecule has 2 heterocycles. The van der Waals surface area contributed by atoms with Gasteiger partial charge in [0.25, 0.3) is 0 Å². The molecule has 0 N–H and O–H groups in total. The largest absolute Gasteiger partial charge is 0.853 e. The third-order valence-corrected chi connectivity index (χ3v) is 7.12. The molecule has 154 valence electrons. The minimum atomic E-state index is -0.136. The number of benzene rings is 2. The molecule has 1 aliphatic rings. The Morgan fingerprint density at radius 3 is 2.70 bits per heavy atom. The Kier molecular flexibility index (Phi) is 6.98. The number of nitrogens with zero attached hydrogens (tertiary/aromatic N) is 2. The van der Waals surface area contributed by atoms with Crippen LogP contribution < -0.4 is 14.6 Å². The van der Waals surface area contributed by atoms with Crippen LogP contribution in [0.3, 0.4) is 0 Å². The number of anilines is 1. The van der Waals surface area contributed by atoms with Gasteiger partial charge in [0.2, 0.25) is 5.52 Å². The number of aromatic nitrogens is 1. The fourth-order valence-electron chi connectivity index (χ4n) is 3.66. The maximum absolute atomic E-state index is 11.4. The van der Waals surface area contributed by atoms with Crippen LogP contribution >= 0.6 is 43.6 Å². The van der Waals surface area contributed by atoms with Crippen molar-refractivity contribution in [2.24, 2.45) is 0 Å². The van der Waals surface area contributed by atoms with Crippen molar-refractivity contribution in [1.82, 2.24) is 0 Å². The monoisotopic (exact) mass is 544 g/mol. The fraction of sp³-hybridized carbons (Fsp3) is 0.208. The van der Waals surface area contributed by atoms with Crippen LogP contribution in [0.1, 0.15) is 18.9 Å². The van der Waals surface area contributed by atoms with E-state index >= 15 is 0 Å². The highest BCUT2D eigenvalue weighted by atomic mass is 79.9. The molecule has 2 aromatic carbocycles. The highest BCUT2D eigenvalue weighted by molar-refractivity contribution is 9.10. The summed E-state index contributed by atoms with van der Waals surface area (Å²) in [4.78, 5) is 3.29. The molecule has 3 aromatic rings. The van der Waals surface area contributed by atoms with Gasteiger partial charge in [0.1, 0.15) is 6.54 Å². The van der Waals surface area contributed by atoms with Gasteiger partial charge in [-0.3, -0.25) is 0 Å². The summed E-state index contributed by atoms with van der Waals surface area (Å²) in [5.74, 6) is 0. The lowest BCUT2D eigenvalue weighted by atomic mass is 10.1. The predicted octanol–water partition coefficient (Wildman–Crippen LogP) is 5.89. The zero-order chi connectivity index (χ0) is 21.1. The van der Waals surface area contributed by atoms with Crippen molar-refractivity contribution in [3.63, 3.8) is 0 Å². The Hall–Kier alpha value is -1.60. The van der Waals surface area contributed by atoms with E-state index in [1.807, 2.05) is 6.07 Å². The number of aryl methyl sites for hydroxylation is 1. The second-order valence-electron chi connectivity index (χ2n) is 7.06. The summed E-state index contributed by atoms with van der Waals surface area (Å²) >= 11 is 8.85. The first-order valence-electron chi connectivity index (χ1n) is 9.94. The highest BCUT2D eigenvalue weighted by Gasteiger charge is 2.23. The third-order valence-electron chi connectivity index (χ3n) is 5.00. The van der Waals surface area contributed by atoms with E-state index in [1.54, 1.807) is 11.8 Å². The van der Waals surface area contributed by atoms with Gasteiger partial charge in [0.15, 0.2) is 6.20 Å². The zero-order valence-electron chi connectivity index (χ0n) is 16.6. The number of hydrogen-bond acceptors (Lipinski definition) is 3. The fourth-order valence-corrected chi connectivity index (χ4v) is 5.44. The lowest BCUT2D eigenvalue weighted by Crippen LogP contribution is -2.33. The van der Waals surface area contributed by atoms with Crippen LogP contribution in [0.5, 0.6) is 0 Å². The lowest BCUT2D eigenvalue weighted by Gasteiger charge is -2.22. The van der Waals surface area contributed by atoms with E-state index in [0.29, 0.717) is 6.54 Å². The second-order valence-corrected chi connectivity index (χ2v) is 9.95. The number of rotatable bonds is 6. The Bertz CT molecular complexity index is 1140. The van der Waals surface area contributed by atoms with Crippen LogP contribution in [0.15, 0.2) is 79.7 Å². The van der Waals surface area contributed by atoms with Crippen LogP contribution in [0, 0.1) is 0 Å². The number of hydrogen-bond donors (Lipinski definition) is 0. The van der Waals surface area contributed by atoms with Crippen molar-refractivity contribution in [2.75, 3.05) is 18.1 Å². The van der Waals surface area contributed by atoms with Crippen molar-refractivity contribution in [3.8, 4) is 0 Å².